The Morgan fingerprint density at radius 3 is 2.59 bits per heavy atom. The summed E-state index contributed by atoms with van der Waals surface area (Å²) in [6.07, 6.45) is 1.64. The third kappa shape index (κ3) is 4.57. The van der Waals surface area contributed by atoms with Gasteiger partial charge in [0.15, 0.2) is 0 Å². The van der Waals surface area contributed by atoms with Gasteiger partial charge >= 0.3 is 0 Å². The Kier molecular flexibility index (Phi) is 7.37. The maximum Gasteiger partial charge on any atom is 0.260 e. The van der Waals surface area contributed by atoms with Gasteiger partial charge < -0.3 is 19.4 Å². The topological polar surface area (TPSA) is 117 Å². The van der Waals surface area contributed by atoms with Gasteiger partial charge in [-0.25, -0.2) is 13.4 Å². The monoisotopic (exact) mass is 462 g/mol. The van der Waals surface area contributed by atoms with Crippen LogP contribution in [0.4, 0.5) is 0 Å². The number of nitrogens with zero attached hydrogens (tertiary/aromatic N) is 2. The van der Waals surface area contributed by atoms with E-state index in [1.165, 1.54) is 30.6 Å². The normalized spacial score (nSPS) is 12.1. The van der Waals surface area contributed by atoms with Gasteiger partial charge in [0.25, 0.3) is 5.56 Å². The molecule has 0 aliphatic carbocycles. The number of sulfonamides is 1. The van der Waals surface area contributed by atoms with Crippen LogP contribution in [0.1, 0.15) is 31.7 Å². The molecular weight excluding hydrogens is 432 g/mol. The molecule has 3 rings (SSSR count). The molecule has 9 nitrogen and oxygen atoms in total. The first-order valence-corrected chi connectivity index (χ1v) is 12.0. The Balaban J connectivity index is 2.20. The second-order valence-corrected chi connectivity index (χ2v) is 9.57. The van der Waals surface area contributed by atoms with Crippen LogP contribution in [0.2, 0.25) is 0 Å². The smallest absolute Gasteiger partial charge is 0.260 e. The number of benzene rings is 1. The van der Waals surface area contributed by atoms with Gasteiger partial charge in [0.1, 0.15) is 11.6 Å². The first-order chi connectivity index (χ1) is 15.2. The van der Waals surface area contributed by atoms with E-state index in [4.69, 9.17) is 14.5 Å². The Bertz CT molecular complexity index is 1260. The van der Waals surface area contributed by atoms with Crippen molar-refractivity contribution in [2.75, 3.05) is 33.9 Å². The number of H-pyrrole nitrogens is 2. The summed E-state index contributed by atoms with van der Waals surface area (Å²) in [7, 11) is -0.754. The minimum atomic E-state index is -3.77. The van der Waals surface area contributed by atoms with E-state index in [1.807, 2.05) is 13.8 Å². The Hall–Kier alpha value is -2.69. The summed E-state index contributed by atoms with van der Waals surface area (Å²) in [5.41, 5.74) is 2.36. The molecule has 2 N–H and O–H groups in total. The number of nitrogens with one attached hydrogen (secondary N) is 2. The molecule has 0 fully saturated rings. The number of hydrogen-bond acceptors (Lipinski definition) is 6. The Morgan fingerprint density at radius 2 is 1.94 bits per heavy atom. The van der Waals surface area contributed by atoms with Crippen LogP contribution >= 0.6 is 0 Å². The van der Waals surface area contributed by atoms with Crippen molar-refractivity contribution in [3.8, 4) is 17.1 Å². The molecule has 1 aromatic carbocycles. The van der Waals surface area contributed by atoms with Gasteiger partial charge in [0.05, 0.1) is 34.6 Å². The minimum absolute atomic E-state index is 0.0799. The molecular formula is C22H30N4O5S. The quantitative estimate of drug-likeness (QED) is 0.478. The lowest BCUT2D eigenvalue weighted by atomic mass is 10.1. The second kappa shape index (κ2) is 9.85. The Labute approximate surface area is 187 Å². The van der Waals surface area contributed by atoms with Crippen LogP contribution in [0.15, 0.2) is 27.9 Å². The molecule has 0 spiro atoms. The molecule has 3 aromatic rings. The molecule has 0 amide bonds. The highest BCUT2D eigenvalue weighted by Crippen LogP contribution is 2.32. The number of hydrogen-bond donors (Lipinski definition) is 2. The maximum atomic E-state index is 13.0. The summed E-state index contributed by atoms with van der Waals surface area (Å²) in [5, 5.41) is 0.512. The summed E-state index contributed by atoms with van der Waals surface area (Å²) in [5.74, 6) is 0.705. The van der Waals surface area contributed by atoms with E-state index in [0.29, 0.717) is 28.8 Å². The Morgan fingerprint density at radius 1 is 1.19 bits per heavy atom. The average molecular weight is 463 g/mol. The van der Waals surface area contributed by atoms with Gasteiger partial charge in [-0.3, -0.25) is 4.79 Å². The predicted molar refractivity (Wildman–Crippen MR) is 124 cm³/mol. The van der Waals surface area contributed by atoms with Gasteiger partial charge in [0, 0.05) is 32.1 Å². The zero-order valence-corrected chi connectivity index (χ0v) is 19.9. The van der Waals surface area contributed by atoms with E-state index < -0.39 is 10.0 Å². The fourth-order valence-corrected chi connectivity index (χ4v) is 4.78. The van der Waals surface area contributed by atoms with Crippen molar-refractivity contribution in [1.29, 1.82) is 0 Å². The number of fused-ring (bicyclic) bond motifs is 1. The number of aromatic amines is 2. The third-order valence-electron chi connectivity index (χ3n) is 5.24. The van der Waals surface area contributed by atoms with E-state index >= 15 is 0 Å². The van der Waals surface area contributed by atoms with Crippen molar-refractivity contribution >= 4 is 20.9 Å². The summed E-state index contributed by atoms with van der Waals surface area (Å²) in [4.78, 5) is 23.7. The third-order valence-corrected chi connectivity index (χ3v) is 7.10. The molecule has 0 aliphatic heterocycles. The number of rotatable bonds is 10. The molecule has 32 heavy (non-hydrogen) atoms. The van der Waals surface area contributed by atoms with Crippen LogP contribution in [0.3, 0.4) is 0 Å². The van der Waals surface area contributed by atoms with Crippen LogP contribution in [0.5, 0.6) is 5.75 Å². The van der Waals surface area contributed by atoms with Crippen LogP contribution in [0, 0.1) is 6.92 Å². The van der Waals surface area contributed by atoms with Crippen molar-refractivity contribution in [2.24, 2.45) is 0 Å². The molecule has 0 atom stereocenters. The highest BCUT2D eigenvalue weighted by Gasteiger charge is 2.24. The van der Waals surface area contributed by atoms with Crippen LogP contribution < -0.4 is 10.3 Å². The number of aromatic nitrogens is 3. The van der Waals surface area contributed by atoms with Crippen molar-refractivity contribution in [1.82, 2.24) is 19.3 Å². The van der Waals surface area contributed by atoms with Gasteiger partial charge in [0.2, 0.25) is 10.0 Å². The maximum absolute atomic E-state index is 13.0. The van der Waals surface area contributed by atoms with Crippen LogP contribution in [-0.4, -0.2) is 61.6 Å². The molecule has 10 heteroatoms. The molecule has 2 aromatic heterocycles. The molecule has 0 saturated heterocycles. The van der Waals surface area contributed by atoms with Gasteiger partial charge in [-0.15, -0.1) is 0 Å². The number of methoxy groups -OCH3 is 1. The largest absolute Gasteiger partial charge is 0.493 e. The fourth-order valence-electron chi connectivity index (χ4n) is 3.60. The van der Waals surface area contributed by atoms with Crippen molar-refractivity contribution in [3.05, 3.63) is 39.9 Å². The predicted octanol–water partition coefficient (Wildman–Crippen LogP) is 2.84. The van der Waals surface area contributed by atoms with Crippen LogP contribution in [0.25, 0.3) is 22.3 Å². The number of ether oxygens (including phenoxy) is 2. The minimum Gasteiger partial charge on any atom is -0.493 e. The van der Waals surface area contributed by atoms with Gasteiger partial charge in [-0.05, 0) is 38.5 Å². The van der Waals surface area contributed by atoms with Gasteiger partial charge in [-0.1, -0.05) is 13.3 Å². The molecule has 174 valence electrons. The van der Waals surface area contributed by atoms with Crippen molar-refractivity contribution in [3.63, 3.8) is 0 Å². The standard InChI is InChI=1S/C22H30N4O5S/c1-6-8-17-20-19(14(3)23-17)22(27)25-21(24-20)16-13-15(9-10-18(16)31-7-2)32(28,29)26(4)11-12-30-5/h9-10,13,23H,6-8,11-12H2,1-5H3,(H,24,25,27). The van der Waals surface area contributed by atoms with Crippen molar-refractivity contribution in [2.45, 2.75) is 38.5 Å². The first kappa shape index (κ1) is 24.0. The summed E-state index contributed by atoms with van der Waals surface area (Å²) in [6, 6.07) is 4.58. The number of likely N-dealkylation sites (N-methyl/N-ethyl adjacent to an activating group) is 1. The molecule has 0 aliphatic rings. The van der Waals surface area contributed by atoms with E-state index in [9.17, 15) is 13.2 Å². The molecule has 0 radical (unpaired) electrons. The summed E-state index contributed by atoms with van der Waals surface area (Å²) >= 11 is 0. The van der Waals surface area contributed by atoms with E-state index in [-0.39, 0.29) is 29.4 Å². The SMILES string of the molecule is CCCc1[nH]c(C)c2c(=O)[nH]c(-c3cc(S(=O)(=O)N(C)CCOC)ccc3OCC)nc12. The highest BCUT2D eigenvalue weighted by atomic mass is 32.2. The lowest BCUT2D eigenvalue weighted by molar-refractivity contribution is 0.185. The summed E-state index contributed by atoms with van der Waals surface area (Å²) < 4.78 is 38.0. The molecule has 0 unspecified atom stereocenters. The van der Waals surface area contributed by atoms with E-state index in [0.717, 1.165) is 24.2 Å². The zero-order valence-electron chi connectivity index (χ0n) is 19.1. The molecule has 0 saturated carbocycles. The highest BCUT2D eigenvalue weighted by molar-refractivity contribution is 7.89. The molecule has 0 bridgehead atoms. The lowest BCUT2D eigenvalue weighted by Crippen LogP contribution is -2.30. The zero-order chi connectivity index (χ0) is 23.5. The molecule has 2 heterocycles. The summed E-state index contributed by atoms with van der Waals surface area (Å²) in [6.45, 7) is 6.60. The average Bonchev–Trinajstić information content (AvgIpc) is 3.08. The van der Waals surface area contributed by atoms with E-state index in [2.05, 4.69) is 16.9 Å². The second-order valence-electron chi connectivity index (χ2n) is 7.53. The van der Waals surface area contributed by atoms with Crippen LogP contribution in [-0.2, 0) is 21.2 Å². The number of aryl methyl sites for hydroxylation is 2. The van der Waals surface area contributed by atoms with Gasteiger partial charge in [-0.2, -0.15) is 4.31 Å². The lowest BCUT2D eigenvalue weighted by Gasteiger charge is -2.18. The van der Waals surface area contributed by atoms with E-state index in [1.54, 1.807) is 6.07 Å². The fraction of sp³-hybridized carbons (Fsp3) is 0.455. The van der Waals surface area contributed by atoms with Crippen molar-refractivity contribution < 1.29 is 17.9 Å². The first-order valence-electron chi connectivity index (χ1n) is 10.6.